The molecule has 2 aliphatic rings. The second-order valence-corrected chi connectivity index (χ2v) is 8.99. The first-order chi connectivity index (χ1) is 14.2. The van der Waals surface area contributed by atoms with Crippen molar-refractivity contribution in [1.29, 1.82) is 0 Å². The minimum Gasteiger partial charge on any atom is -0.444 e. The predicted molar refractivity (Wildman–Crippen MR) is 133 cm³/mol. The van der Waals surface area contributed by atoms with E-state index < -0.39 is 5.60 Å². The molecule has 31 heavy (non-hydrogen) atoms. The lowest BCUT2D eigenvalue weighted by Gasteiger charge is -2.36. The van der Waals surface area contributed by atoms with Crippen LogP contribution in [0.1, 0.15) is 39.2 Å². The van der Waals surface area contributed by atoms with E-state index in [9.17, 15) is 9.18 Å². The van der Waals surface area contributed by atoms with Gasteiger partial charge in [0.15, 0.2) is 5.96 Å². The Balaban J connectivity index is 0.00000341. The molecule has 1 amide bonds. The quantitative estimate of drug-likeness (QED) is 0.335. The molecule has 7 nitrogen and oxygen atoms in total. The molecule has 1 aromatic carbocycles. The number of hydrogen-bond donors (Lipinski definition) is 2. The Labute approximate surface area is 201 Å². The maximum Gasteiger partial charge on any atom is 0.410 e. The number of amides is 1. The molecule has 0 atom stereocenters. The van der Waals surface area contributed by atoms with Gasteiger partial charge in [-0.25, -0.2) is 9.18 Å². The van der Waals surface area contributed by atoms with E-state index in [1.807, 2.05) is 37.8 Å². The number of carbonyl (C=O) groups is 1. The van der Waals surface area contributed by atoms with Crippen molar-refractivity contribution in [3.63, 3.8) is 0 Å². The van der Waals surface area contributed by atoms with Crippen molar-refractivity contribution in [3.8, 4) is 0 Å². The van der Waals surface area contributed by atoms with Gasteiger partial charge in [0.25, 0.3) is 0 Å². The first kappa shape index (κ1) is 25.5. The van der Waals surface area contributed by atoms with Crippen molar-refractivity contribution in [2.45, 2.75) is 45.8 Å². The molecule has 1 aliphatic heterocycles. The number of carbonyl (C=O) groups excluding carboxylic acids is 1. The van der Waals surface area contributed by atoms with Crippen LogP contribution in [0.15, 0.2) is 23.2 Å². The molecule has 1 saturated heterocycles. The normalized spacial score (nSPS) is 17.1. The number of halogens is 2. The maximum atomic E-state index is 14.8. The zero-order valence-corrected chi connectivity index (χ0v) is 21.2. The van der Waals surface area contributed by atoms with E-state index in [1.165, 1.54) is 12.8 Å². The van der Waals surface area contributed by atoms with Gasteiger partial charge in [0.2, 0.25) is 0 Å². The maximum absolute atomic E-state index is 14.8. The molecule has 2 fully saturated rings. The summed E-state index contributed by atoms with van der Waals surface area (Å²) in [6.45, 7) is 9.18. The zero-order valence-electron chi connectivity index (χ0n) is 18.9. The van der Waals surface area contributed by atoms with E-state index in [4.69, 9.17) is 4.74 Å². The Morgan fingerprint density at radius 1 is 1.19 bits per heavy atom. The SMILES string of the molecule is CN=C(NCc1ccc(N2CCN(C(=O)OC(C)(C)C)CC2)c(F)c1)NCC1CC1.I. The van der Waals surface area contributed by atoms with Crippen LogP contribution in [-0.2, 0) is 11.3 Å². The van der Waals surface area contributed by atoms with Crippen molar-refractivity contribution in [2.75, 3.05) is 44.7 Å². The van der Waals surface area contributed by atoms with Crippen LogP contribution in [0, 0.1) is 11.7 Å². The number of guanidine groups is 1. The van der Waals surface area contributed by atoms with E-state index in [2.05, 4.69) is 15.6 Å². The van der Waals surface area contributed by atoms with Crippen molar-refractivity contribution >= 4 is 41.7 Å². The molecule has 174 valence electrons. The van der Waals surface area contributed by atoms with Gasteiger partial charge in [-0.3, -0.25) is 4.99 Å². The molecule has 1 aliphatic carbocycles. The molecule has 0 radical (unpaired) electrons. The Kier molecular flexibility index (Phi) is 9.20. The van der Waals surface area contributed by atoms with Crippen molar-refractivity contribution in [1.82, 2.24) is 15.5 Å². The number of ether oxygens (including phenoxy) is 1. The summed E-state index contributed by atoms with van der Waals surface area (Å²) in [5, 5.41) is 6.53. The number of nitrogens with zero attached hydrogens (tertiary/aromatic N) is 3. The summed E-state index contributed by atoms with van der Waals surface area (Å²) in [7, 11) is 1.74. The number of aliphatic imine (C=N–C) groups is 1. The van der Waals surface area contributed by atoms with Gasteiger partial charge in [-0.05, 0) is 57.2 Å². The molecule has 0 unspecified atom stereocenters. The van der Waals surface area contributed by atoms with Gasteiger partial charge in [0, 0.05) is 46.3 Å². The third kappa shape index (κ3) is 8.01. The summed E-state index contributed by atoms with van der Waals surface area (Å²) in [5.74, 6) is 1.25. The third-order valence-corrected chi connectivity index (χ3v) is 5.22. The van der Waals surface area contributed by atoms with Gasteiger partial charge in [0.1, 0.15) is 11.4 Å². The Bertz CT molecular complexity index is 772. The smallest absolute Gasteiger partial charge is 0.410 e. The number of benzene rings is 1. The van der Waals surface area contributed by atoms with Crippen molar-refractivity contribution in [3.05, 3.63) is 29.6 Å². The summed E-state index contributed by atoms with van der Waals surface area (Å²) >= 11 is 0. The van der Waals surface area contributed by atoms with Gasteiger partial charge in [-0.15, -0.1) is 24.0 Å². The van der Waals surface area contributed by atoms with Gasteiger partial charge >= 0.3 is 6.09 Å². The van der Waals surface area contributed by atoms with Gasteiger partial charge in [-0.1, -0.05) is 6.07 Å². The summed E-state index contributed by atoms with van der Waals surface area (Å²) < 4.78 is 20.2. The average molecular weight is 547 g/mol. The summed E-state index contributed by atoms with van der Waals surface area (Å²) in [4.78, 5) is 20.1. The fraction of sp³-hybridized carbons (Fsp3) is 0.636. The van der Waals surface area contributed by atoms with E-state index in [1.54, 1.807) is 18.0 Å². The highest BCUT2D eigenvalue weighted by Crippen LogP contribution is 2.27. The van der Waals surface area contributed by atoms with Crippen LogP contribution >= 0.6 is 24.0 Å². The highest BCUT2D eigenvalue weighted by Gasteiger charge is 2.27. The monoisotopic (exact) mass is 547 g/mol. The number of hydrogen-bond acceptors (Lipinski definition) is 4. The first-order valence-corrected chi connectivity index (χ1v) is 10.7. The molecule has 2 N–H and O–H groups in total. The van der Waals surface area contributed by atoms with Crippen LogP contribution in [0.5, 0.6) is 0 Å². The third-order valence-electron chi connectivity index (χ3n) is 5.22. The van der Waals surface area contributed by atoms with E-state index >= 15 is 0 Å². The van der Waals surface area contributed by atoms with E-state index in [0.29, 0.717) is 38.4 Å². The van der Waals surface area contributed by atoms with Crippen LogP contribution in [0.4, 0.5) is 14.9 Å². The largest absolute Gasteiger partial charge is 0.444 e. The number of piperazine rings is 1. The Hall–Kier alpha value is -1.78. The first-order valence-electron chi connectivity index (χ1n) is 10.7. The fourth-order valence-electron chi connectivity index (χ4n) is 3.34. The molecule has 3 rings (SSSR count). The Morgan fingerprint density at radius 3 is 2.42 bits per heavy atom. The molecular weight excluding hydrogens is 512 g/mol. The van der Waals surface area contributed by atoms with Gasteiger partial charge in [0.05, 0.1) is 5.69 Å². The molecule has 0 spiro atoms. The Morgan fingerprint density at radius 2 is 1.87 bits per heavy atom. The number of rotatable bonds is 5. The zero-order chi connectivity index (χ0) is 21.7. The van der Waals surface area contributed by atoms with Crippen molar-refractivity contribution in [2.24, 2.45) is 10.9 Å². The topological polar surface area (TPSA) is 69.2 Å². The minimum absolute atomic E-state index is 0. The lowest BCUT2D eigenvalue weighted by atomic mass is 10.1. The van der Waals surface area contributed by atoms with Gasteiger partial charge < -0.3 is 25.2 Å². The fourth-order valence-corrected chi connectivity index (χ4v) is 3.34. The molecule has 1 aromatic rings. The van der Waals surface area contributed by atoms with E-state index in [-0.39, 0.29) is 35.9 Å². The lowest BCUT2D eigenvalue weighted by molar-refractivity contribution is 0.0240. The van der Waals surface area contributed by atoms with E-state index in [0.717, 1.165) is 24.0 Å². The number of nitrogens with one attached hydrogen (secondary N) is 2. The number of anilines is 1. The highest BCUT2D eigenvalue weighted by molar-refractivity contribution is 14.0. The second kappa shape index (κ2) is 11.2. The minimum atomic E-state index is -0.514. The standard InChI is InChI=1S/C22H34FN5O2.HI/c1-22(2,3)30-21(29)28-11-9-27(10-12-28)19-8-7-17(13-18(19)23)15-26-20(24-4)25-14-16-5-6-16;/h7-8,13,16H,5-6,9-12,14-15H2,1-4H3,(H2,24,25,26);1H. The van der Waals surface area contributed by atoms with Crippen LogP contribution < -0.4 is 15.5 Å². The van der Waals surface area contributed by atoms with Crippen LogP contribution in [0.3, 0.4) is 0 Å². The second-order valence-electron chi connectivity index (χ2n) is 8.99. The van der Waals surface area contributed by atoms with Crippen molar-refractivity contribution < 1.29 is 13.9 Å². The summed E-state index contributed by atoms with van der Waals surface area (Å²) in [6, 6.07) is 5.31. The summed E-state index contributed by atoms with van der Waals surface area (Å²) in [6.07, 6.45) is 2.25. The van der Waals surface area contributed by atoms with Crippen LogP contribution in [0.25, 0.3) is 0 Å². The molecule has 1 heterocycles. The average Bonchev–Trinajstić information content (AvgIpc) is 3.51. The molecule has 0 aromatic heterocycles. The molecule has 1 saturated carbocycles. The lowest BCUT2D eigenvalue weighted by Crippen LogP contribution is -2.50. The predicted octanol–water partition coefficient (Wildman–Crippen LogP) is 3.58. The molecular formula is C22H35FIN5O2. The summed E-state index contributed by atoms with van der Waals surface area (Å²) in [5.41, 5.74) is 0.914. The van der Waals surface area contributed by atoms with Crippen LogP contribution in [-0.4, -0.2) is 62.3 Å². The molecule has 9 heteroatoms. The van der Waals surface area contributed by atoms with Crippen LogP contribution in [0.2, 0.25) is 0 Å². The molecule has 0 bridgehead atoms. The van der Waals surface area contributed by atoms with Gasteiger partial charge in [-0.2, -0.15) is 0 Å². The highest BCUT2D eigenvalue weighted by atomic mass is 127.